The maximum absolute atomic E-state index is 12.9. The Kier molecular flexibility index (Phi) is 7.07. The number of hydrogen-bond acceptors (Lipinski definition) is 6. The Morgan fingerprint density at radius 1 is 0.861 bits per heavy atom. The molecule has 7 nitrogen and oxygen atoms in total. The van der Waals surface area contributed by atoms with Gasteiger partial charge in [0.1, 0.15) is 29.4 Å². The number of anilines is 2. The monoisotopic (exact) mass is 480 g/mol. The molecule has 1 fully saturated rings. The first-order chi connectivity index (χ1) is 17.7. The van der Waals surface area contributed by atoms with Crippen molar-refractivity contribution < 1.29 is 14.3 Å². The summed E-state index contributed by atoms with van der Waals surface area (Å²) in [4.78, 5) is 24.0. The summed E-state index contributed by atoms with van der Waals surface area (Å²) in [6, 6.07) is 26.9. The van der Waals surface area contributed by atoms with Crippen LogP contribution >= 0.6 is 0 Å². The molecule has 1 amide bonds. The number of carbonyl (C=O) groups is 1. The Bertz CT molecular complexity index is 1290. The average molecular weight is 481 g/mol. The molecule has 1 N–H and O–H groups in total. The molecule has 2 heterocycles. The number of carbonyl (C=O) groups excluding carboxylic acids is 1. The number of nitrogens with one attached hydrogen (secondary N) is 1. The Balaban J connectivity index is 1.15. The molecule has 3 aromatic carbocycles. The molecule has 1 aliphatic rings. The quantitative estimate of drug-likeness (QED) is 0.360. The molecule has 1 aromatic heterocycles. The zero-order chi connectivity index (χ0) is 24.7. The van der Waals surface area contributed by atoms with Gasteiger partial charge >= 0.3 is 0 Å². The van der Waals surface area contributed by atoms with Crippen LogP contribution in [0, 0.1) is 5.92 Å². The highest BCUT2D eigenvalue weighted by atomic mass is 16.5. The van der Waals surface area contributed by atoms with Crippen molar-refractivity contribution in [3.63, 3.8) is 0 Å². The fourth-order valence-corrected chi connectivity index (χ4v) is 4.29. The van der Waals surface area contributed by atoms with Crippen molar-refractivity contribution in [2.24, 2.45) is 5.92 Å². The Morgan fingerprint density at radius 2 is 1.53 bits per heavy atom. The highest BCUT2D eigenvalue weighted by Crippen LogP contribution is 2.27. The van der Waals surface area contributed by atoms with E-state index in [4.69, 9.17) is 9.47 Å². The van der Waals surface area contributed by atoms with E-state index in [1.54, 1.807) is 13.4 Å². The van der Waals surface area contributed by atoms with Crippen molar-refractivity contribution in [3.8, 4) is 28.5 Å². The molecule has 0 bridgehead atoms. The number of aromatic nitrogens is 2. The zero-order valence-electron chi connectivity index (χ0n) is 20.1. The van der Waals surface area contributed by atoms with Gasteiger partial charge in [0.2, 0.25) is 5.91 Å². The number of ether oxygens (including phenoxy) is 2. The largest absolute Gasteiger partial charge is 0.497 e. The third-order valence-corrected chi connectivity index (χ3v) is 6.33. The fraction of sp³-hybridized carbons (Fsp3) is 0.207. The maximum atomic E-state index is 12.9. The molecule has 36 heavy (non-hydrogen) atoms. The summed E-state index contributed by atoms with van der Waals surface area (Å²) in [7, 11) is 1.65. The highest BCUT2D eigenvalue weighted by molar-refractivity contribution is 5.92. The second-order valence-corrected chi connectivity index (χ2v) is 8.68. The van der Waals surface area contributed by atoms with E-state index < -0.39 is 0 Å². The van der Waals surface area contributed by atoms with Gasteiger partial charge in [-0.15, -0.1) is 0 Å². The molecule has 7 heteroatoms. The van der Waals surface area contributed by atoms with Crippen LogP contribution in [0.3, 0.4) is 0 Å². The van der Waals surface area contributed by atoms with E-state index in [2.05, 4.69) is 20.2 Å². The number of nitrogens with zero attached hydrogens (tertiary/aromatic N) is 3. The highest BCUT2D eigenvalue weighted by Gasteiger charge is 2.26. The summed E-state index contributed by atoms with van der Waals surface area (Å²) in [5.74, 6) is 3.21. The molecule has 0 atom stereocenters. The lowest BCUT2D eigenvalue weighted by Gasteiger charge is -2.32. The van der Waals surface area contributed by atoms with Crippen molar-refractivity contribution in [2.75, 3.05) is 30.4 Å². The third-order valence-electron chi connectivity index (χ3n) is 6.33. The van der Waals surface area contributed by atoms with Gasteiger partial charge in [0, 0.05) is 36.3 Å². The minimum Gasteiger partial charge on any atom is -0.497 e. The van der Waals surface area contributed by atoms with Crippen LogP contribution < -0.4 is 19.7 Å². The first-order valence-corrected chi connectivity index (χ1v) is 12.0. The predicted molar refractivity (Wildman–Crippen MR) is 141 cm³/mol. The second kappa shape index (κ2) is 10.9. The van der Waals surface area contributed by atoms with E-state index in [1.165, 1.54) is 0 Å². The second-order valence-electron chi connectivity index (χ2n) is 8.68. The van der Waals surface area contributed by atoms with E-state index in [9.17, 15) is 4.79 Å². The van der Waals surface area contributed by atoms with E-state index in [1.807, 2.05) is 84.9 Å². The first kappa shape index (κ1) is 23.4. The summed E-state index contributed by atoms with van der Waals surface area (Å²) >= 11 is 0. The number of rotatable bonds is 7. The topological polar surface area (TPSA) is 76.6 Å². The Morgan fingerprint density at radius 3 is 2.22 bits per heavy atom. The first-order valence-electron chi connectivity index (χ1n) is 12.0. The minimum absolute atomic E-state index is 0.0376. The van der Waals surface area contributed by atoms with Crippen molar-refractivity contribution in [1.29, 1.82) is 0 Å². The van der Waals surface area contributed by atoms with Crippen LogP contribution in [0.4, 0.5) is 11.5 Å². The summed E-state index contributed by atoms with van der Waals surface area (Å²) in [6.45, 7) is 1.53. The number of benzene rings is 3. The molecule has 1 aliphatic heterocycles. The van der Waals surface area contributed by atoms with Gasteiger partial charge in [0.15, 0.2) is 0 Å². The predicted octanol–water partition coefficient (Wildman–Crippen LogP) is 5.80. The lowest BCUT2D eigenvalue weighted by atomic mass is 9.95. The summed E-state index contributed by atoms with van der Waals surface area (Å²) in [6.07, 6.45) is 3.13. The smallest absolute Gasteiger partial charge is 0.227 e. The number of hydrogen-bond donors (Lipinski definition) is 1. The molecule has 0 radical (unpaired) electrons. The van der Waals surface area contributed by atoms with Crippen molar-refractivity contribution in [2.45, 2.75) is 12.8 Å². The van der Waals surface area contributed by atoms with Gasteiger partial charge in [-0.05, 0) is 73.5 Å². The maximum Gasteiger partial charge on any atom is 0.227 e. The summed E-state index contributed by atoms with van der Waals surface area (Å²) in [5.41, 5.74) is 2.64. The molecule has 182 valence electrons. The SMILES string of the molecule is COc1ccc(-c2cc(N3CCC(C(=O)Nc4ccc(Oc5ccccc5)cc4)CC3)ncn2)cc1. The van der Waals surface area contributed by atoms with Crippen LogP contribution in [0.15, 0.2) is 91.3 Å². The standard InChI is InChI=1S/C29H28N4O3/c1-35-24-11-7-21(8-12-24)27-19-28(31-20-30-27)33-17-15-22(16-18-33)29(34)32-23-9-13-26(14-10-23)36-25-5-3-2-4-6-25/h2-14,19-20,22H,15-18H2,1H3,(H,32,34). The van der Waals surface area contributed by atoms with Crippen LogP contribution in [0.2, 0.25) is 0 Å². The number of methoxy groups -OCH3 is 1. The molecule has 0 spiro atoms. The fourth-order valence-electron chi connectivity index (χ4n) is 4.29. The van der Waals surface area contributed by atoms with E-state index in [0.29, 0.717) is 0 Å². The average Bonchev–Trinajstić information content (AvgIpc) is 2.95. The van der Waals surface area contributed by atoms with Gasteiger partial charge < -0.3 is 19.7 Å². The molecule has 0 aliphatic carbocycles. The van der Waals surface area contributed by atoms with Gasteiger partial charge in [0.25, 0.3) is 0 Å². The number of amides is 1. The molecular weight excluding hydrogens is 452 g/mol. The van der Waals surface area contributed by atoms with Gasteiger partial charge in [0.05, 0.1) is 12.8 Å². The molecule has 5 rings (SSSR count). The van der Waals surface area contributed by atoms with Crippen molar-refractivity contribution in [1.82, 2.24) is 9.97 Å². The molecule has 0 unspecified atom stereocenters. The molecular formula is C29H28N4O3. The van der Waals surface area contributed by atoms with E-state index in [-0.39, 0.29) is 11.8 Å². The van der Waals surface area contributed by atoms with Gasteiger partial charge in [-0.1, -0.05) is 18.2 Å². The zero-order valence-corrected chi connectivity index (χ0v) is 20.1. The number of piperidine rings is 1. The van der Waals surface area contributed by atoms with Crippen LogP contribution in [-0.2, 0) is 4.79 Å². The van der Waals surface area contributed by atoms with Crippen molar-refractivity contribution in [3.05, 3.63) is 91.3 Å². The molecule has 4 aromatic rings. The molecule has 1 saturated heterocycles. The van der Waals surface area contributed by atoms with Gasteiger partial charge in [-0.2, -0.15) is 0 Å². The lowest BCUT2D eigenvalue weighted by Crippen LogP contribution is -2.38. The van der Waals surface area contributed by atoms with Crippen LogP contribution in [0.25, 0.3) is 11.3 Å². The third kappa shape index (κ3) is 5.63. The Labute approximate surface area is 210 Å². The van der Waals surface area contributed by atoms with E-state index >= 15 is 0 Å². The summed E-state index contributed by atoms with van der Waals surface area (Å²) in [5, 5.41) is 3.05. The van der Waals surface area contributed by atoms with Gasteiger partial charge in [-0.25, -0.2) is 9.97 Å². The van der Waals surface area contributed by atoms with Crippen molar-refractivity contribution >= 4 is 17.4 Å². The van der Waals surface area contributed by atoms with Gasteiger partial charge in [-0.3, -0.25) is 4.79 Å². The van der Waals surface area contributed by atoms with Crippen LogP contribution in [0.1, 0.15) is 12.8 Å². The lowest BCUT2D eigenvalue weighted by molar-refractivity contribution is -0.120. The minimum atomic E-state index is -0.0376. The van der Waals surface area contributed by atoms with E-state index in [0.717, 1.165) is 65.9 Å². The molecule has 0 saturated carbocycles. The van der Waals surface area contributed by atoms with Crippen LogP contribution in [-0.4, -0.2) is 36.1 Å². The summed E-state index contributed by atoms with van der Waals surface area (Å²) < 4.78 is 11.1. The normalized spacial score (nSPS) is 13.8. The van der Waals surface area contributed by atoms with Crippen LogP contribution in [0.5, 0.6) is 17.2 Å². The Hall–Kier alpha value is -4.39. The number of para-hydroxylation sites is 1.